The Balaban J connectivity index is 1.75. The fraction of sp³-hybridized carbons (Fsp3) is 0.310. The van der Waals surface area contributed by atoms with Crippen LogP contribution in [0.25, 0.3) is 0 Å². The number of rotatable bonds is 6. The van der Waals surface area contributed by atoms with E-state index < -0.39 is 5.41 Å². The van der Waals surface area contributed by atoms with Crippen LogP contribution in [-0.4, -0.2) is 36.4 Å². The van der Waals surface area contributed by atoms with Gasteiger partial charge in [-0.25, -0.2) is 4.99 Å². The Kier molecular flexibility index (Phi) is 6.93. The third-order valence-corrected chi connectivity index (χ3v) is 6.59. The molecule has 36 heavy (non-hydrogen) atoms. The molecule has 1 aliphatic carbocycles. The summed E-state index contributed by atoms with van der Waals surface area (Å²) < 4.78 is 0. The monoisotopic (exact) mass is 484 g/mol. The maximum atomic E-state index is 13.5. The SMILES string of the molecule is CCN(CC)c1ccc(N=C2C=C(NC(=O)c3ccc(C)cc3)C(=O)C3=C2NC(=O)CC3(C)C)cc1. The van der Waals surface area contributed by atoms with Crippen LogP contribution in [0.5, 0.6) is 0 Å². The molecule has 1 aliphatic heterocycles. The molecule has 2 aromatic rings. The summed E-state index contributed by atoms with van der Waals surface area (Å²) in [4.78, 5) is 46.0. The maximum absolute atomic E-state index is 13.5. The minimum Gasteiger partial charge on any atom is -0.372 e. The third-order valence-electron chi connectivity index (χ3n) is 6.59. The second kappa shape index (κ2) is 9.93. The molecule has 4 rings (SSSR count). The molecular weight excluding hydrogens is 452 g/mol. The van der Waals surface area contributed by atoms with E-state index >= 15 is 0 Å². The van der Waals surface area contributed by atoms with E-state index in [9.17, 15) is 14.4 Å². The number of aliphatic imine (C=N–C) groups is 1. The first kappa shape index (κ1) is 25.1. The van der Waals surface area contributed by atoms with Crippen LogP contribution in [0.2, 0.25) is 0 Å². The number of allylic oxidation sites excluding steroid dienone is 2. The first-order valence-corrected chi connectivity index (χ1v) is 12.3. The second-order valence-electron chi connectivity index (χ2n) is 9.75. The first-order valence-electron chi connectivity index (χ1n) is 12.3. The van der Waals surface area contributed by atoms with Crippen LogP contribution in [0.15, 0.2) is 76.6 Å². The summed E-state index contributed by atoms with van der Waals surface area (Å²) >= 11 is 0. The molecule has 0 saturated carbocycles. The lowest BCUT2D eigenvalue weighted by atomic mass is 9.72. The number of amides is 2. The summed E-state index contributed by atoms with van der Waals surface area (Å²) in [6, 6.07) is 15.0. The highest BCUT2D eigenvalue weighted by Crippen LogP contribution is 2.39. The number of hydrogen-bond donors (Lipinski definition) is 2. The van der Waals surface area contributed by atoms with Gasteiger partial charge in [-0.1, -0.05) is 31.5 Å². The number of ketones is 1. The van der Waals surface area contributed by atoms with Crippen molar-refractivity contribution in [3.8, 4) is 0 Å². The van der Waals surface area contributed by atoms with E-state index in [-0.39, 0.29) is 29.7 Å². The van der Waals surface area contributed by atoms with Crippen molar-refractivity contribution in [3.63, 3.8) is 0 Å². The predicted molar refractivity (Wildman–Crippen MR) is 142 cm³/mol. The van der Waals surface area contributed by atoms with E-state index in [0.717, 1.165) is 24.3 Å². The van der Waals surface area contributed by atoms with Gasteiger partial charge in [0, 0.05) is 41.7 Å². The Morgan fingerprint density at radius 3 is 2.28 bits per heavy atom. The molecule has 7 heteroatoms. The molecular formula is C29H32N4O3. The van der Waals surface area contributed by atoms with Crippen LogP contribution >= 0.6 is 0 Å². The van der Waals surface area contributed by atoms with Crippen molar-refractivity contribution >= 4 is 34.7 Å². The molecule has 2 aliphatic rings. The first-order chi connectivity index (χ1) is 17.1. The van der Waals surface area contributed by atoms with Crippen LogP contribution < -0.4 is 15.5 Å². The molecule has 0 fully saturated rings. The number of carbonyl (C=O) groups excluding carboxylic acids is 3. The zero-order valence-corrected chi connectivity index (χ0v) is 21.4. The standard InChI is InChI=1S/C29H32N4O3/c1-6-33(7-2)21-14-12-20(13-15-21)30-22-16-23(31-28(36)19-10-8-18(3)9-11-19)27(35)25-26(22)32-24(34)17-29(25,4)5/h8-16H,6-7,17H2,1-5H3,(H,31,36)(H,32,34). The van der Waals surface area contributed by atoms with Gasteiger partial charge in [0.2, 0.25) is 11.7 Å². The van der Waals surface area contributed by atoms with Crippen molar-refractivity contribution in [2.24, 2.45) is 10.4 Å². The molecule has 2 N–H and O–H groups in total. The Hall–Kier alpha value is -4.00. The highest BCUT2D eigenvalue weighted by molar-refractivity contribution is 6.27. The van der Waals surface area contributed by atoms with Gasteiger partial charge < -0.3 is 15.5 Å². The molecule has 186 valence electrons. The molecule has 2 amide bonds. The highest BCUT2D eigenvalue weighted by Gasteiger charge is 2.42. The lowest BCUT2D eigenvalue weighted by molar-refractivity contribution is -0.123. The normalized spacial score (nSPS) is 17.9. The molecule has 0 spiro atoms. The molecule has 0 bridgehead atoms. The Labute approximate surface area is 212 Å². The van der Waals surface area contributed by atoms with Gasteiger partial charge in [-0.3, -0.25) is 14.4 Å². The van der Waals surface area contributed by atoms with Gasteiger partial charge in [0.15, 0.2) is 0 Å². The minimum absolute atomic E-state index is 0.141. The Bertz CT molecular complexity index is 1300. The van der Waals surface area contributed by atoms with Crippen LogP contribution in [0, 0.1) is 12.3 Å². The summed E-state index contributed by atoms with van der Waals surface area (Å²) in [6.07, 6.45) is 1.72. The van der Waals surface area contributed by atoms with Crippen molar-refractivity contribution in [1.29, 1.82) is 0 Å². The number of benzene rings is 2. The van der Waals surface area contributed by atoms with E-state index in [2.05, 4.69) is 29.4 Å². The van der Waals surface area contributed by atoms with Gasteiger partial charge in [-0.2, -0.15) is 0 Å². The van der Waals surface area contributed by atoms with E-state index in [4.69, 9.17) is 4.99 Å². The quantitative estimate of drug-likeness (QED) is 0.586. The zero-order chi connectivity index (χ0) is 26.0. The van der Waals surface area contributed by atoms with Crippen LogP contribution in [0.3, 0.4) is 0 Å². The average molecular weight is 485 g/mol. The maximum Gasteiger partial charge on any atom is 0.255 e. The van der Waals surface area contributed by atoms with Gasteiger partial charge in [0.1, 0.15) is 0 Å². The molecule has 0 radical (unpaired) electrons. The number of anilines is 1. The van der Waals surface area contributed by atoms with E-state index in [1.807, 2.05) is 57.2 Å². The van der Waals surface area contributed by atoms with Crippen molar-refractivity contribution < 1.29 is 14.4 Å². The van der Waals surface area contributed by atoms with Gasteiger partial charge in [0.25, 0.3) is 5.91 Å². The fourth-order valence-electron chi connectivity index (χ4n) is 4.64. The van der Waals surface area contributed by atoms with Gasteiger partial charge in [-0.15, -0.1) is 0 Å². The van der Waals surface area contributed by atoms with E-state index in [1.165, 1.54) is 0 Å². The number of nitrogens with zero attached hydrogens (tertiary/aromatic N) is 2. The zero-order valence-electron chi connectivity index (χ0n) is 21.4. The summed E-state index contributed by atoms with van der Waals surface area (Å²) in [5, 5.41) is 5.64. The van der Waals surface area contributed by atoms with E-state index in [1.54, 1.807) is 18.2 Å². The molecule has 0 saturated heterocycles. The minimum atomic E-state index is -0.712. The van der Waals surface area contributed by atoms with Gasteiger partial charge in [0.05, 0.1) is 22.8 Å². The van der Waals surface area contributed by atoms with Crippen LogP contribution in [0.1, 0.15) is 50.0 Å². The van der Waals surface area contributed by atoms with Crippen LogP contribution in [-0.2, 0) is 9.59 Å². The summed E-state index contributed by atoms with van der Waals surface area (Å²) in [6.45, 7) is 11.7. The van der Waals surface area contributed by atoms with Crippen molar-refractivity contribution in [2.75, 3.05) is 18.0 Å². The number of Topliss-reactive ketones (excluding diaryl/α,β-unsaturated/α-hetero) is 1. The van der Waals surface area contributed by atoms with Gasteiger partial charge >= 0.3 is 0 Å². The fourth-order valence-corrected chi connectivity index (χ4v) is 4.64. The van der Waals surface area contributed by atoms with Crippen molar-refractivity contribution in [2.45, 2.75) is 41.0 Å². The summed E-state index contributed by atoms with van der Waals surface area (Å²) in [5.74, 6) is -0.859. The van der Waals surface area contributed by atoms with Crippen LogP contribution in [0.4, 0.5) is 11.4 Å². The molecule has 0 unspecified atom stereocenters. The number of hydrogen-bond acceptors (Lipinski definition) is 5. The smallest absolute Gasteiger partial charge is 0.255 e. The van der Waals surface area contributed by atoms with E-state index in [0.29, 0.717) is 28.2 Å². The van der Waals surface area contributed by atoms with Crippen molar-refractivity contribution in [3.05, 3.63) is 82.7 Å². The van der Waals surface area contributed by atoms with Crippen molar-refractivity contribution in [1.82, 2.24) is 10.6 Å². The Morgan fingerprint density at radius 1 is 1.03 bits per heavy atom. The third kappa shape index (κ3) is 5.00. The molecule has 2 aromatic carbocycles. The average Bonchev–Trinajstić information content (AvgIpc) is 2.83. The number of nitrogens with one attached hydrogen (secondary N) is 2. The Morgan fingerprint density at radius 2 is 1.67 bits per heavy atom. The number of carbonyl (C=O) groups is 3. The predicted octanol–water partition coefficient (Wildman–Crippen LogP) is 4.61. The molecule has 0 aromatic heterocycles. The summed E-state index contributed by atoms with van der Waals surface area (Å²) in [5.41, 5.74) is 3.98. The lowest BCUT2D eigenvalue weighted by Crippen LogP contribution is -2.46. The molecule has 7 nitrogen and oxygen atoms in total. The highest BCUT2D eigenvalue weighted by atomic mass is 16.2. The second-order valence-corrected chi connectivity index (χ2v) is 9.75. The molecule has 0 atom stereocenters. The lowest BCUT2D eigenvalue weighted by Gasteiger charge is -2.36. The topological polar surface area (TPSA) is 90.9 Å². The summed E-state index contributed by atoms with van der Waals surface area (Å²) in [7, 11) is 0. The largest absolute Gasteiger partial charge is 0.372 e. The molecule has 1 heterocycles. The number of aryl methyl sites for hydroxylation is 1. The van der Waals surface area contributed by atoms with Gasteiger partial charge in [-0.05, 0) is 63.2 Å².